The summed E-state index contributed by atoms with van der Waals surface area (Å²) in [5, 5.41) is 3.02. The Morgan fingerprint density at radius 3 is 3.04 bits per heavy atom. The van der Waals surface area contributed by atoms with Gasteiger partial charge in [0.05, 0.1) is 17.6 Å². The standard InChI is InChI=1S/C22H24N4O2/c27-22(20-6-3-11-28-20)23-17-8-7-15-9-10-26(13-16(15)12-17)14-21-24-18-4-1-2-5-19(18)25-21/h1-2,4-5,7-8,12,20H,3,6,9-11,13-14H2,(H,23,27)(H,24,25). The molecular weight excluding hydrogens is 352 g/mol. The normalized spacial score (nSPS) is 19.6. The SMILES string of the molecule is O=C(Nc1ccc2c(c1)CN(Cc1nc3ccccc3[nH]1)CC2)C1CCCO1. The molecule has 6 nitrogen and oxygen atoms in total. The molecular formula is C22H24N4O2. The molecule has 1 atom stereocenters. The van der Waals surface area contributed by atoms with Crippen molar-refractivity contribution in [1.82, 2.24) is 14.9 Å². The Balaban J connectivity index is 1.28. The summed E-state index contributed by atoms with van der Waals surface area (Å²) in [5.74, 6) is 0.958. The number of anilines is 1. The largest absolute Gasteiger partial charge is 0.368 e. The minimum Gasteiger partial charge on any atom is -0.368 e. The van der Waals surface area contributed by atoms with Crippen molar-refractivity contribution in [2.24, 2.45) is 0 Å². The van der Waals surface area contributed by atoms with E-state index in [-0.39, 0.29) is 12.0 Å². The molecule has 2 aliphatic rings. The molecule has 0 radical (unpaired) electrons. The summed E-state index contributed by atoms with van der Waals surface area (Å²) in [4.78, 5) is 22.8. The van der Waals surface area contributed by atoms with Crippen molar-refractivity contribution in [3.63, 3.8) is 0 Å². The molecule has 0 saturated carbocycles. The quantitative estimate of drug-likeness (QED) is 0.733. The highest BCUT2D eigenvalue weighted by Gasteiger charge is 2.24. The average molecular weight is 376 g/mol. The Morgan fingerprint density at radius 1 is 1.25 bits per heavy atom. The third-order valence-corrected chi connectivity index (χ3v) is 5.60. The summed E-state index contributed by atoms with van der Waals surface area (Å²) in [6.07, 6.45) is 2.47. The van der Waals surface area contributed by atoms with Crippen molar-refractivity contribution < 1.29 is 9.53 Å². The molecule has 3 aromatic rings. The van der Waals surface area contributed by atoms with Crippen LogP contribution in [0.3, 0.4) is 0 Å². The first-order valence-electron chi connectivity index (χ1n) is 9.95. The molecule has 28 heavy (non-hydrogen) atoms. The van der Waals surface area contributed by atoms with Crippen molar-refractivity contribution in [2.75, 3.05) is 18.5 Å². The highest BCUT2D eigenvalue weighted by atomic mass is 16.5. The van der Waals surface area contributed by atoms with E-state index < -0.39 is 0 Å². The van der Waals surface area contributed by atoms with E-state index in [9.17, 15) is 4.79 Å². The first kappa shape index (κ1) is 17.4. The van der Waals surface area contributed by atoms with Crippen LogP contribution in [0.15, 0.2) is 42.5 Å². The maximum atomic E-state index is 12.3. The number of nitrogens with one attached hydrogen (secondary N) is 2. The molecule has 2 aliphatic heterocycles. The number of carbonyl (C=O) groups is 1. The monoisotopic (exact) mass is 376 g/mol. The van der Waals surface area contributed by atoms with Crippen LogP contribution in [0.2, 0.25) is 0 Å². The lowest BCUT2D eigenvalue weighted by atomic mass is 9.99. The van der Waals surface area contributed by atoms with Gasteiger partial charge in [-0.3, -0.25) is 9.69 Å². The lowest BCUT2D eigenvalue weighted by Gasteiger charge is -2.28. The Kier molecular flexibility index (Phi) is 4.58. The second kappa shape index (κ2) is 7.37. The summed E-state index contributed by atoms with van der Waals surface area (Å²) >= 11 is 0. The minimum absolute atomic E-state index is 0.0348. The maximum Gasteiger partial charge on any atom is 0.253 e. The second-order valence-corrected chi connectivity index (χ2v) is 7.64. The number of carbonyl (C=O) groups excluding carboxylic acids is 1. The van der Waals surface area contributed by atoms with E-state index in [1.807, 2.05) is 24.3 Å². The fraction of sp³-hybridized carbons (Fsp3) is 0.364. The van der Waals surface area contributed by atoms with Crippen LogP contribution in [-0.2, 0) is 29.0 Å². The highest BCUT2D eigenvalue weighted by Crippen LogP contribution is 2.25. The van der Waals surface area contributed by atoms with Crippen LogP contribution in [0, 0.1) is 0 Å². The number of hydrogen-bond donors (Lipinski definition) is 2. The molecule has 1 amide bonds. The molecule has 1 aromatic heterocycles. The van der Waals surface area contributed by atoms with E-state index in [0.29, 0.717) is 6.61 Å². The fourth-order valence-electron chi connectivity index (χ4n) is 4.13. The zero-order chi connectivity index (χ0) is 18.9. The number of aromatic nitrogens is 2. The molecule has 1 unspecified atom stereocenters. The van der Waals surface area contributed by atoms with Crippen LogP contribution in [0.1, 0.15) is 29.8 Å². The number of para-hydroxylation sites is 2. The van der Waals surface area contributed by atoms with Gasteiger partial charge in [-0.15, -0.1) is 0 Å². The van der Waals surface area contributed by atoms with Gasteiger partial charge in [0.25, 0.3) is 5.91 Å². The number of aromatic amines is 1. The Labute approximate surface area is 163 Å². The Morgan fingerprint density at radius 2 is 2.18 bits per heavy atom. The van der Waals surface area contributed by atoms with Gasteiger partial charge in [0.15, 0.2) is 0 Å². The summed E-state index contributed by atoms with van der Waals surface area (Å²) < 4.78 is 5.48. The van der Waals surface area contributed by atoms with Crippen LogP contribution in [0.25, 0.3) is 11.0 Å². The number of nitrogens with zero attached hydrogens (tertiary/aromatic N) is 2. The molecule has 0 bridgehead atoms. The van der Waals surface area contributed by atoms with Gasteiger partial charge >= 0.3 is 0 Å². The summed E-state index contributed by atoms with van der Waals surface area (Å²) in [7, 11) is 0. The maximum absolute atomic E-state index is 12.3. The van der Waals surface area contributed by atoms with Crippen molar-refractivity contribution in [2.45, 2.75) is 38.5 Å². The van der Waals surface area contributed by atoms with Gasteiger partial charge in [-0.2, -0.15) is 0 Å². The lowest BCUT2D eigenvalue weighted by molar-refractivity contribution is -0.124. The van der Waals surface area contributed by atoms with Crippen molar-refractivity contribution in [3.05, 3.63) is 59.4 Å². The molecule has 2 aromatic carbocycles. The van der Waals surface area contributed by atoms with E-state index in [4.69, 9.17) is 9.72 Å². The lowest BCUT2D eigenvalue weighted by Crippen LogP contribution is -2.31. The topological polar surface area (TPSA) is 70.2 Å². The Bertz CT molecular complexity index is 974. The number of fused-ring (bicyclic) bond motifs is 2. The molecule has 6 heteroatoms. The zero-order valence-electron chi connectivity index (χ0n) is 15.8. The molecule has 2 N–H and O–H groups in total. The highest BCUT2D eigenvalue weighted by molar-refractivity contribution is 5.94. The van der Waals surface area contributed by atoms with Gasteiger partial charge in [0.2, 0.25) is 0 Å². The van der Waals surface area contributed by atoms with Gasteiger partial charge in [-0.05, 0) is 54.7 Å². The van der Waals surface area contributed by atoms with Gasteiger partial charge < -0.3 is 15.0 Å². The number of H-pyrrole nitrogens is 1. The summed E-state index contributed by atoms with van der Waals surface area (Å²) in [6.45, 7) is 3.33. The molecule has 1 saturated heterocycles. The van der Waals surface area contributed by atoms with Gasteiger partial charge in [-0.1, -0.05) is 18.2 Å². The van der Waals surface area contributed by atoms with Crippen LogP contribution >= 0.6 is 0 Å². The van der Waals surface area contributed by atoms with Crippen LogP contribution in [0.5, 0.6) is 0 Å². The molecule has 0 spiro atoms. The third kappa shape index (κ3) is 3.53. The van der Waals surface area contributed by atoms with E-state index in [1.165, 1.54) is 11.1 Å². The first-order chi connectivity index (χ1) is 13.7. The summed E-state index contributed by atoms with van der Waals surface area (Å²) in [6, 6.07) is 14.4. The predicted octanol–water partition coefficient (Wildman–Crippen LogP) is 3.24. The molecule has 3 heterocycles. The fourth-order valence-corrected chi connectivity index (χ4v) is 4.13. The number of benzene rings is 2. The van der Waals surface area contributed by atoms with E-state index in [1.54, 1.807) is 0 Å². The molecule has 1 fully saturated rings. The smallest absolute Gasteiger partial charge is 0.253 e. The van der Waals surface area contributed by atoms with Gasteiger partial charge in [0.1, 0.15) is 11.9 Å². The van der Waals surface area contributed by atoms with E-state index in [2.05, 4.69) is 33.4 Å². The second-order valence-electron chi connectivity index (χ2n) is 7.64. The predicted molar refractivity (Wildman–Crippen MR) is 108 cm³/mol. The number of imidazole rings is 1. The van der Waals surface area contributed by atoms with E-state index in [0.717, 1.165) is 61.4 Å². The number of rotatable bonds is 4. The summed E-state index contributed by atoms with van der Waals surface area (Å²) in [5.41, 5.74) is 5.57. The first-order valence-corrected chi connectivity index (χ1v) is 9.95. The molecule has 5 rings (SSSR count). The van der Waals surface area contributed by atoms with Crippen molar-refractivity contribution in [3.8, 4) is 0 Å². The van der Waals surface area contributed by atoms with Gasteiger partial charge in [-0.25, -0.2) is 4.98 Å². The van der Waals surface area contributed by atoms with Crippen LogP contribution < -0.4 is 5.32 Å². The molecule has 144 valence electrons. The number of amides is 1. The third-order valence-electron chi connectivity index (χ3n) is 5.60. The number of hydrogen-bond acceptors (Lipinski definition) is 4. The van der Waals surface area contributed by atoms with Crippen LogP contribution in [-0.4, -0.2) is 40.0 Å². The zero-order valence-corrected chi connectivity index (χ0v) is 15.8. The van der Waals surface area contributed by atoms with Crippen molar-refractivity contribution in [1.29, 1.82) is 0 Å². The van der Waals surface area contributed by atoms with Gasteiger partial charge in [0, 0.05) is 25.4 Å². The average Bonchev–Trinajstić information content (AvgIpc) is 3.37. The minimum atomic E-state index is -0.305. The van der Waals surface area contributed by atoms with Crippen LogP contribution in [0.4, 0.5) is 5.69 Å². The van der Waals surface area contributed by atoms with Crippen molar-refractivity contribution >= 4 is 22.6 Å². The Hall–Kier alpha value is -2.70. The van der Waals surface area contributed by atoms with E-state index >= 15 is 0 Å². The molecule has 0 aliphatic carbocycles. The number of ether oxygens (including phenoxy) is 1.